The van der Waals surface area contributed by atoms with E-state index in [0.717, 1.165) is 24.1 Å². The molecule has 1 N–H and O–H groups in total. The highest BCUT2D eigenvalue weighted by atomic mass is 19.4. The van der Waals surface area contributed by atoms with Crippen molar-refractivity contribution in [2.45, 2.75) is 44.9 Å². The number of rotatable bonds is 4. The van der Waals surface area contributed by atoms with E-state index in [2.05, 4.69) is 0 Å². The highest BCUT2D eigenvalue weighted by molar-refractivity contribution is 5.77. The van der Waals surface area contributed by atoms with Crippen molar-refractivity contribution in [2.24, 2.45) is 5.92 Å². The Balaban J connectivity index is 1.94. The molecule has 3 unspecified atom stereocenters. The van der Waals surface area contributed by atoms with Crippen LogP contribution in [0, 0.1) is 5.92 Å². The molecule has 1 aliphatic rings. The monoisotopic (exact) mass is 329 g/mol. The van der Waals surface area contributed by atoms with Gasteiger partial charge in [0, 0.05) is 25.4 Å². The van der Waals surface area contributed by atoms with Crippen LogP contribution in [0.1, 0.15) is 43.7 Å². The first-order chi connectivity index (χ1) is 10.7. The van der Waals surface area contributed by atoms with Crippen molar-refractivity contribution in [3.8, 4) is 0 Å². The number of aliphatic hydroxyl groups is 1. The number of amides is 1. The molecule has 1 heterocycles. The van der Waals surface area contributed by atoms with Crippen molar-refractivity contribution < 1.29 is 23.1 Å². The molecule has 0 radical (unpaired) electrons. The Morgan fingerprint density at radius 2 is 1.91 bits per heavy atom. The molecule has 1 fully saturated rings. The number of aliphatic hydroxyl groups excluding tert-OH is 1. The SMILES string of the molecule is CC(CC(=O)N1CCC(C(C)O)C1)c1ccc(C(F)(F)F)cc1. The van der Waals surface area contributed by atoms with Crippen molar-refractivity contribution in [1.82, 2.24) is 4.90 Å². The van der Waals surface area contributed by atoms with Gasteiger partial charge in [-0.2, -0.15) is 13.2 Å². The van der Waals surface area contributed by atoms with E-state index >= 15 is 0 Å². The molecule has 1 saturated heterocycles. The van der Waals surface area contributed by atoms with E-state index in [1.807, 2.05) is 6.92 Å². The van der Waals surface area contributed by atoms with Gasteiger partial charge >= 0.3 is 6.18 Å². The van der Waals surface area contributed by atoms with Gasteiger partial charge in [-0.1, -0.05) is 19.1 Å². The number of carbonyl (C=O) groups excluding carboxylic acids is 1. The van der Waals surface area contributed by atoms with Gasteiger partial charge in [-0.05, 0) is 37.0 Å². The highest BCUT2D eigenvalue weighted by Gasteiger charge is 2.31. The number of hydrogen-bond acceptors (Lipinski definition) is 2. The molecular weight excluding hydrogens is 307 g/mol. The van der Waals surface area contributed by atoms with Gasteiger partial charge in [0.25, 0.3) is 0 Å². The van der Waals surface area contributed by atoms with Gasteiger partial charge in [-0.15, -0.1) is 0 Å². The summed E-state index contributed by atoms with van der Waals surface area (Å²) in [6.07, 6.45) is -3.72. The van der Waals surface area contributed by atoms with Crippen LogP contribution in [0.2, 0.25) is 0 Å². The number of halogens is 3. The zero-order chi connectivity index (χ0) is 17.2. The molecule has 1 amide bonds. The molecule has 1 aromatic carbocycles. The molecule has 128 valence electrons. The Morgan fingerprint density at radius 3 is 2.39 bits per heavy atom. The standard InChI is InChI=1S/C17H22F3NO2/c1-11(13-3-5-15(6-4-13)17(18,19)20)9-16(23)21-8-7-14(10-21)12(2)22/h3-6,11-12,14,22H,7-10H2,1-2H3. The van der Waals surface area contributed by atoms with Gasteiger partial charge in [-0.25, -0.2) is 0 Å². The van der Waals surface area contributed by atoms with E-state index in [1.165, 1.54) is 12.1 Å². The Bertz CT molecular complexity index is 540. The molecule has 3 atom stereocenters. The number of nitrogens with zero attached hydrogens (tertiary/aromatic N) is 1. The van der Waals surface area contributed by atoms with Crippen LogP contribution < -0.4 is 0 Å². The summed E-state index contributed by atoms with van der Waals surface area (Å²) in [7, 11) is 0. The number of likely N-dealkylation sites (tertiary alicyclic amines) is 1. The van der Waals surface area contributed by atoms with Gasteiger partial charge < -0.3 is 10.0 Å². The van der Waals surface area contributed by atoms with Crippen LogP contribution in [-0.4, -0.2) is 35.1 Å². The van der Waals surface area contributed by atoms with E-state index in [9.17, 15) is 23.1 Å². The molecule has 6 heteroatoms. The summed E-state index contributed by atoms with van der Waals surface area (Å²) in [5, 5.41) is 9.57. The van der Waals surface area contributed by atoms with Crippen molar-refractivity contribution in [3.05, 3.63) is 35.4 Å². The average Bonchev–Trinajstić information content (AvgIpc) is 2.96. The molecule has 0 spiro atoms. The maximum Gasteiger partial charge on any atom is 0.416 e. The number of carbonyl (C=O) groups is 1. The Morgan fingerprint density at radius 1 is 1.30 bits per heavy atom. The Hall–Kier alpha value is -1.56. The lowest BCUT2D eigenvalue weighted by atomic mass is 9.96. The number of alkyl halides is 3. The largest absolute Gasteiger partial charge is 0.416 e. The maximum absolute atomic E-state index is 12.6. The van der Waals surface area contributed by atoms with Crippen molar-refractivity contribution in [3.63, 3.8) is 0 Å². The Labute approximate surface area is 134 Å². The molecule has 0 aliphatic carbocycles. The van der Waals surface area contributed by atoms with E-state index in [-0.39, 0.29) is 24.2 Å². The Kier molecular flexibility index (Phi) is 5.34. The van der Waals surface area contributed by atoms with Crippen LogP contribution in [0.4, 0.5) is 13.2 Å². The smallest absolute Gasteiger partial charge is 0.393 e. The molecule has 1 aliphatic heterocycles. The molecule has 2 rings (SSSR count). The normalized spacial score (nSPS) is 21.3. The number of hydrogen-bond donors (Lipinski definition) is 1. The molecule has 0 aromatic heterocycles. The zero-order valence-electron chi connectivity index (χ0n) is 13.3. The van der Waals surface area contributed by atoms with Crippen LogP contribution in [0.5, 0.6) is 0 Å². The summed E-state index contributed by atoms with van der Waals surface area (Å²) < 4.78 is 37.7. The quantitative estimate of drug-likeness (QED) is 0.919. The fourth-order valence-electron chi connectivity index (χ4n) is 2.92. The summed E-state index contributed by atoms with van der Waals surface area (Å²) in [6, 6.07) is 4.97. The fourth-order valence-corrected chi connectivity index (χ4v) is 2.92. The summed E-state index contributed by atoms with van der Waals surface area (Å²) in [5.74, 6) is -0.0451. The van der Waals surface area contributed by atoms with E-state index in [0.29, 0.717) is 13.1 Å². The van der Waals surface area contributed by atoms with E-state index in [4.69, 9.17) is 0 Å². The van der Waals surface area contributed by atoms with Crippen LogP contribution in [0.15, 0.2) is 24.3 Å². The highest BCUT2D eigenvalue weighted by Crippen LogP contribution is 2.31. The summed E-state index contributed by atoms with van der Waals surface area (Å²) in [6.45, 7) is 4.75. The first-order valence-electron chi connectivity index (χ1n) is 7.81. The lowest BCUT2D eigenvalue weighted by Crippen LogP contribution is -2.31. The molecular formula is C17H22F3NO2. The third-order valence-corrected chi connectivity index (χ3v) is 4.55. The summed E-state index contributed by atoms with van der Waals surface area (Å²) in [5.41, 5.74) is 0.0386. The lowest BCUT2D eigenvalue weighted by Gasteiger charge is -2.20. The minimum atomic E-state index is -4.34. The molecule has 23 heavy (non-hydrogen) atoms. The lowest BCUT2D eigenvalue weighted by molar-refractivity contribution is -0.137. The second-order valence-corrected chi connectivity index (χ2v) is 6.35. The second kappa shape index (κ2) is 6.91. The molecule has 0 bridgehead atoms. The van der Waals surface area contributed by atoms with Gasteiger partial charge in [0.2, 0.25) is 5.91 Å². The van der Waals surface area contributed by atoms with Crippen LogP contribution in [-0.2, 0) is 11.0 Å². The van der Waals surface area contributed by atoms with Crippen LogP contribution >= 0.6 is 0 Å². The third-order valence-electron chi connectivity index (χ3n) is 4.55. The third kappa shape index (κ3) is 4.47. The molecule has 0 saturated carbocycles. The average molecular weight is 329 g/mol. The molecule has 1 aromatic rings. The van der Waals surface area contributed by atoms with Gasteiger partial charge in [0.05, 0.1) is 11.7 Å². The van der Waals surface area contributed by atoms with E-state index in [1.54, 1.807) is 11.8 Å². The number of benzene rings is 1. The minimum absolute atomic E-state index is 0.0134. The van der Waals surface area contributed by atoms with Gasteiger partial charge in [-0.3, -0.25) is 4.79 Å². The predicted octanol–water partition coefficient (Wildman–Crippen LogP) is 3.43. The summed E-state index contributed by atoms with van der Waals surface area (Å²) >= 11 is 0. The van der Waals surface area contributed by atoms with E-state index < -0.39 is 17.8 Å². The summed E-state index contributed by atoms with van der Waals surface area (Å²) in [4.78, 5) is 14.0. The fraction of sp³-hybridized carbons (Fsp3) is 0.588. The van der Waals surface area contributed by atoms with Crippen molar-refractivity contribution in [1.29, 1.82) is 0 Å². The van der Waals surface area contributed by atoms with Gasteiger partial charge in [0.15, 0.2) is 0 Å². The van der Waals surface area contributed by atoms with Crippen LogP contribution in [0.3, 0.4) is 0 Å². The van der Waals surface area contributed by atoms with Crippen LogP contribution in [0.25, 0.3) is 0 Å². The van der Waals surface area contributed by atoms with Crippen molar-refractivity contribution in [2.75, 3.05) is 13.1 Å². The second-order valence-electron chi connectivity index (χ2n) is 6.35. The van der Waals surface area contributed by atoms with Crippen molar-refractivity contribution >= 4 is 5.91 Å². The maximum atomic E-state index is 12.6. The van der Waals surface area contributed by atoms with Gasteiger partial charge in [0.1, 0.15) is 0 Å². The first kappa shape index (κ1) is 17.8. The zero-order valence-corrected chi connectivity index (χ0v) is 13.3. The predicted molar refractivity (Wildman–Crippen MR) is 80.8 cm³/mol. The molecule has 3 nitrogen and oxygen atoms in total. The topological polar surface area (TPSA) is 40.5 Å². The first-order valence-corrected chi connectivity index (χ1v) is 7.81. The minimum Gasteiger partial charge on any atom is -0.393 e.